The summed E-state index contributed by atoms with van der Waals surface area (Å²) in [6.07, 6.45) is 1.25. The van der Waals surface area contributed by atoms with E-state index in [4.69, 9.17) is 10.8 Å². The summed E-state index contributed by atoms with van der Waals surface area (Å²) in [5, 5.41) is 6.04. The first-order valence-electron chi connectivity index (χ1n) is 10.7. The number of nitrogens with zero attached hydrogens (tertiary/aromatic N) is 2. The van der Waals surface area contributed by atoms with Gasteiger partial charge in [-0.1, -0.05) is 50.8 Å². The zero-order chi connectivity index (χ0) is 22.8. The molecule has 0 bridgehead atoms. The van der Waals surface area contributed by atoms with Crippen molar-refractivity contribution in [1.29, 1.82) is 0 Å². The van der Waals surface area contributed by atoms with Crippen molar-refractivity contribution >= 4 is 10.9 Å². The van der Waals surface area contributed by atoms with Gasteiger partial charge in [-0.25, -0.2) is 5.10 Å². The second-order valence-corrected chi connectivity index (χ2v) is 7.04. The maximum atomic E-state index is 5.81. The van der Waals surface area contributed by atoms with E-state index in [0.29, 0.717) is 12.6 Å². The Bertz CT molecular complexity index is 1100. The molecule has 0 amide bonds. The van der Waals surface area contributed by atoms with E-state index in [-0.39, 0.29) is 32.7 Å². The van der Waals surface area contributed by atoms with Gasteiger partial charge in [0.25, 0.3) is 0 Å². The minimum absolute atomic E-state index is 0. The van der Waals surface area contributed by atoms with Gasteiger partial charge in [0.2, 0.25) is 0 Å². The SMILES string of the molecule is C=CN.CC.CC(C)n1nc(-c2[c-]cccc2)c2cc(-c3cccc(CN)c3)ccc21.[Y]. The van der Waals surface area contributed by atoms with Gasteiger partial charge in [-0.3, -0.25) is 4.68 Å². The van der Waals surface area contributed by atoms with Crippen LogP contribution in [0.15, 0.2) is 79.5 Å². The summed E-state index contributed by atoms with van der Waals surface area (Å²) >= 11 is 0. The summed E-state index contributed by atoms with van der Waals surface area (Å²) in [4.78, 5) is 0. The minimum atomic E-state index is 0. The van der Waals surface area contributed by atoms with Gasteiger partial charge in [0.05, 0.1) is 5.52 Å². The third kappa shape index (κ3) is 6.62. The van der Waals surface area contributed by atoms with Gasteiger partial charge in [0.1, 0.15) is 0 Å². The van der Waals surface area contributed by atoms with E-state index in [1.807, 2.05) is 32.0 Å². The van der Waals surface area contributed by atoms with Crippen LogP contribution in [-0.2, 0) is 39.3 Å². The molecule has 0 aliphatic heterocycles. The van der Waals surface area contributed by atoms with Crippen molar-refractivity contribution in [3.05, 3.63) is 91.1 Å². The smallest absolute Gasteiger partial charge is 0.0590 e. The number of fused-ring (bicyclic) bond motifs is 1. The summed E-state index contributed by atoms with van der Waals surface area (Å²) in [5.74, 6) is 0. The van der Waals surface area contributed by atoms with E-state index < -0.39 is 0 Å². The Morgan fingerprint density at radius 1 is 1.03 bits per heavy atom. The number of rotatable bonds is 4. The molecular weight excluding hydrogens is 469 g/mol. The molecule has 5 heteroatoms. The first-order chi connectivity index (χ1) is 15.1. The average molecular weight is 502 g/mol. The molecule has 4 aromatic rings. The number of nitrogens with two attached hydrogens (primary N) is 2. The second kappa shape index (κ2) is 14.0. The van der Waals surface area contributed by atoms with Crippen LogP contribution in [0.1, 0.15) is 39.3 Å². The van der Waals surface area contributed by atoms with Gasteiger partial charge < -0.3 is 11.5 Å². The maximum absolute atomic E-state index is 5.81. The second-order valence-electron chi connectivity index (χ2n) is 7.04. The van der Waals surface area contributed by atoms with Gasteiger partial charge in [0, 0.05) is 51.0 Å². The fourth-order valence-corrected chi connectivity index (χ4v) is 3.33. The number of aromatic nitrogens is 2. The molecule has 165 valence electrons. The predicted molar refractivity (Wildman–Crippen MR) is 133 cm³/mol. The van der Waals surface area contributed by atoms with Gasteiger partial charge >= 0.3 is 0 Å². The number of hydrogen-bond acceptors (Lipinski definition) is 3. The molecular formula is C27H33N4Y-. The minimum Gasteiger partial charge on any atom is -0.405 e. The standard InChI is InChI=1S/C23H22N3.C2H5N.C2H6.Y/c1-16(2)26-22-12-11-20(19-10-6-7-17(13-19)15-24)14-21(22)23(25-26)18-8-4-3-5-9-18;1-2-3;1-2;/h3-8,10-14,16H,15,24H2,1-2H3;2H,1,3H2;1-2H3;/q-1;;;. The summed E-state index contributed by atoms with van der Waals surface area (Å²) in [6, 6.07) is 26.6. The molecule has 1 radical (unpaired) electrons. The van der Waals surface area contributed by atoms with E-state index in [1.165, 1.54) is 17.3 Å². The maximum Gasteiger partial charge on any atom is 0.0590 e. The first-order valence-corrected chi connectivity index (χ1v) is 10.7. The van der Waals surface area contributed by atoms with Crippen molar-refractivity contribution in [3.63, 3.8) is 0 Å². The van der Waals surface area contributed by atoms with E-state index >= 15 is 0 Å². The Morgan fingerprint density at radius 2 is 1.72 bits per heavy atom. The molecule has 1 aromatic heterocycles. The molecule has 4 nitrogen and oxygen atoms in total. The molecule has 0 unspecified atom stereocenters. The molecule has 0 aliphatic rings. The monoisotopic (exact) mass is 502 g/mol. The van der Waals surface area contributed by atoms with E-state index in [2.05, 4.69) is 85.4 Å². The fraction of sp³-hybridized carbons (Fsp3) is 0.222. The Balaban J connectivity index is 0.000000790. The van der Waals surface area contributed by atoms with Crippen LogP contribution < -0.4 is 11.5 Å². The summed E-state index contributed by atoms with van der Waals surface area (Å²) in [7, 11) is 0. The Kier molecular flexibility index (Phi) is 12.1. The summed E-state index contributed by atoms with van der Waals surface area (Å²) in [6.45, 7) is 12.0. The predicted octanol–water partition coefficient (Wildman–Crippen LogP) is 6.32. The first kappa shape index (κ1) is 27.8. The Morgan fingerprint density at radius 3 is 2.31 bits per heavy atom. The molecule has 3 aromatic carbocycles. The molecule has 0 saturated heterocycles. The van der Waals surface area contributed by atoms with Crippen molar-refractivity contribution in [1.82, 2.24) is 9.78 Å². The van der Waals surface area contributed by atoms with Crippen LogP contribution in [0.3, 0.4) is 0 Å². The van der Waals surface area contributed by atoms with Crippen molar-refractivity contribution in [2.45, 2.75) is 40.3 Å². The summed E-state index contributed by atoms with van der Waals surface area (Å²) < 4.78 is 2.09. The Labute approximate surface area is 217 Å². The normalized spacial score (nSPS) is 9.81. The van der Waals surface area contributed by atoms with Crippen molar-refractivity contribution in [3.8, 4) is 22.4 Å². The van der Waals surface area contributed by atoms with Crippen molar-refractivity contribution in [2.24, 2.45) is 11.5 Å². The summed E-state index contributed by atoms with van der Waals surface area (Å²) in [5.41, 5.74) is 17.0. The topological polar surface area (TPSA) is 69.9 Å². The van der Waals surface area contributed by atoms with Gasteiger partial charge in [-0.2, -0.15) is 0 Å². The van der Waals surface area contributed by atoms with E-state index in [1.54, 1.807) is 0 Å². The largest absolute Gasteiger partial charge is 0.405 e. The molecule has 4 N–H and O–H groups in total. The Hall–Kier alpha value is -2.27. The van der Waals surface area contributed by atoms with Gasteiger partial charge in [-0.15, -0.1) is 35.9 Å². The van der Waals surface area contributed by atoms with E-state index in [0.717, 1.165) is 27.7 Å². The zero-order valence-electron chi connectivity index (χ0n) is 19.5. The zero-order valence-corrected chi connectivity index (χ0v) is 22.4. The van der Waals surface area contributed by atoms with Crippen LogP contribution in [0.4, 0.5) is 0 Å². The van der Waals surface area contributed by atoms with Crippen LogP contribution in [0.25, 0.3) is 33.3 Å². The average Bonchev–Trinajstić information content (AvgIpc) is 3.21. The number of benzene rings is 3. The van der Waals surface area contributed by atoms with Crippen LogP contribution in [-0.4, -0.2) is 9.78 Å². The fourth-order valence-electron chi connectivity index (χ4n) is 3.33. The molecule has 0 fully saturated rings. The van der Waals surface area contributed by atoms with Gasteiger partial charge in [-0.05, 0) is 54.3 Å². The van der Waals surface area contributed by atoms with Crippen molar-refractivity contribution in [2.75, 3.05) is 0 Å². The molecule has 0 saturated carbocycles. The quantitative estimate of drug-likeness (QED) is 0.321. The molecule has 0 aliphatic carbocycles. The third-order valence-electron chi connectivity index (χ3n) is 4.66. The molecule has 32 heavy (non-hydrogen) atoms. The van der Waals surface area contributed by atoms with E-state index in [9.17, 15) is 0 Å². The third-order valence-corrected chi connectivity index (χ3v) is 4.66. The van der Waals surface area contributed by atoms with Crippen LogP contribution in [0.2, 0.25) is 0 Å². The molecule has 4 rings (SSSR count). The van der Waals surface area contributed by atoms with Crippen molar-refractivity contribution < 1.29 is 32.7 Å². The van der Waals surface area contributed by atoms with Crippen LogP contribution in [0.5, 0.6) is 0 Å². The van der Waals surface area contributed by atoms with Crippen LogP contribution in [0, 0.1) is 6.07 Å². The molecule has 0 atom stereocenters. The van der Waals surface area contributed by atoms with Gasteiger partial charge in [0.15, 0.2) is 0 Å². The number of hydrogen-bond donors (Lipinski definition) is 2. The molecule has 1 heterocycles. The van der Waals surface area contributed by atoms with Crippen LogP contribution >= 0.6 is 0 Å². The molecule has 0 spiro atoms.